The van der Waals surface area contributed by atoms with E-state index in [0.717, 1.165) is 6.07 Å². The van der Waals surface area contributed by atoms with Crippen LogP contribution >= 0.6 is 0 Å². The molecule has 0 saturated carbocycles. The van der Waals surface area contributed by atoms with Crippen molar-refractivity contribution in [3.05, 3.63) is 59.4 Å². The summed E-state index contributed by atoms with van der Waals surface area (Å²) in [5.41, 5.74) is 0.662. The minimum atomic E-state index is -4.19. The summed E-state index contributed by atoms with van der Waals surface area (Å²) in [6, 6.07) is 12.6. The van der Waals surface area contributed by atoms with Crippen molar-refractivity contribution in [1.29, 1.82) is 5.26 Å². The maximum atomic E-state index is 14.2. The van der Waals surface area contributed by atoms with Gasteiger partial charge in [-0.1, -0.05) is 18.2 Å². The lowest BCUT2D eigenvalue weighted by Gasteiger charge is -2.28. The van der Waals surface area contributed by atoms with E-state index in [4.69, 9.17) is 4.74 Å². The number of anilines is 2. The third-order valence-electron chi connectivity index (χ3n) is 3.55. The van der Waals surface area contributed by atoms with E-state index in [9.17, 15) is 18.1 Å². The average Bonchev–Trinajstić information content (AvgIpc) is 2.56. The summed E-state index contributed by atoms with van der Waals surface area (Å²) in [6.45, 7) is 2.23. The lowest BCUT2D eigenvalue weighted by molar-refractivity contribution is 0.341. The Bertz CT molecular complexity index is 978. The molecule has 0 radical (unpaired) electrons. The Labute approximate surface area is 139 Å². The Kier molecular flexibility index (Phi) is 3.99. The molecule has 24 heavy (non-hydrogen) atoms. The van der Waals surface area contributed by atoms with Gasteiger partial charge in [0.05, 0.1) is 18.0 Å². The van der Waals surface area contributed by atoms with Crippen LogP contribution in [0, 0.1) is 17.1 Å². The predicted octanol–water partition coefficient (Wildman–Crippen LogP) is 3.51. The van der Waals surface area contributed by atoms with Gasteiger partial charge in [0.2, 0.25) is 9.84 Å². The van der Waals surface area contributed by atoms with Crippen molar-refractivity contribution in [1.82, 2.24) is 0 Å². The fourth-order valence-electron chi connectivity index (χ4n) is 2.54. The molecule has 2 aromatic rings. The zero-order valence-corrected chi connectivity index (χ0v) is 13.5. The van der Waals surface area contributed by atoms with E-state index < -0.39 is 25.5 Å². The normalized spacial score (nSPS) is 15.2. The molecule has 0 unspecified atom stereocenters. The maximum Gasteiger partial charge on any atom is 0.223 e. The van der Waals surface area contributed by atoms with Crippen LogP contribution in [0.1, 0.15) is 6.92 Å². The first-order valence-electron chi connectivity index (χ1n) is 7.17. The highest BCUT2D eigenvalue weighted by molar-refractivity contribution is 7.95. The van der Waals surface area contributed by atoms with Gasteiger partial charge in [-0.2, -0.15) is 5.26 Å². The van der Waals surface area contributed by atoms with Crippen LogP contribution in [0.3, 0.4) is 0 Å². The second kappa shape index (κ2) is 5.98. The second-order valence-electron chi connectivity index (χ2n) is 4.97. The summed E-state index contributed by atoms with van der Waals surface area (Å²) in [5, 5.41) is 9.20. The third-order valence-corrected chi connectivity index (χ3v) is 5.26. The molecule has 0 aromatic heterocycles. The molecule has 2 aromatic carbocycles. The Morgan fingerprint density at radius 1 is 1.17 bits per heavy atom. The highest BCUT2D eigenvalue weighted by atomic mass is 32.2. The zero-order chi connectivity index (χ0) is 17.3. The van der Waals surface area contributed by atoms with E-state index in [0.29, 0.717) is 18.0 Å². The van der Waals surface area contributed by atoms with E-state index in [1.54, 1.807) is 30.3 Å². The first-order chi connectivity index (χ1) is 11.5. The number of para-hydroxylation sites is 2. The van der Waals surface area contributed by atoms with Crippen LogP contribution in [-0.2, 0) is 9.84 Å². The number of halogens is 1. The molecule has 0 N–H and O–H groups in total. The molecular weight excluding hydrogens is 331 g/mol. The minimum absolute atomic E-state index is 0.140. The Morgan fingerprint density at radius 3 is 2.58 bits per heavy atom. The fraction of sp³-hybridized carbons (Fsp3) is 0.118. The Balaban J connectivity index is 2.31. The summed E-state index contributed by atoms with van der Waals surface area (Å²) >= 11 is 0. The van der Waals surface area contributed by atoms with Crippen LogP contribution < -0.4 is 9.64 Å². The molecule has 1 aliphatic heterocycles. The van der Waals surface area contributed by atoms with Crippen molar-refractivity contribution < 1.29 is 17.5 Å². The highest BCUT2D eigenvalue weighted by Gasteiger charge is 2.35. The van der Waals surface area contributed by atoms with Crippen molar-refractivity contribution in [2.75, 3.05) is 11.5 Å². The van der Waals surface area contributed by atoms with Gasteiger partial charge in [-0.25, -0.2) is 12.8 Å². The summed E-state index contributed by atoms with van der Waals surface area (Å²) in [5.74, 6) is -0.393. The van der Waals surface area contributed by atoms with Gasteiger partial charge in [0.1, 0.15) is 22.5 Å². The van der Waals surface area contributed by atoms with Gasteiger partial charge in [-0.3, -0.25) is 0 Å². The molecule has 0 fully saturated rings. The lowest BCUT2D eigenvalue weighted by atomic mass is 10.2. The van der Waals surface area contributed by atoms with Crippen molar-refractivity contribution in [3.8, 4) is 11.8 Å². The Hall–Kier alpha value is -2.85. The second-order valence-corrected chi connectivity index (χ2v) is 6.82. The standard InChI is InChI=1S/C17H13FN2O3S/c1-2-23-16-9-4-3-7-14(16)20-11-12(10-19)24(21,22)17-13(18)6-5-8-15(17)20/h3-9,11H,2H2,1H3. The molecule has 1 heterocycles. The van der Waals surface area contributed by atoms with E-state index in [2.05, 4.69) is 0 Å². The molecule has 0 amide bonds. The number of sulfone groups is 1. The largest absolute Gasteiger partial charge is 0.492 e. The maximum absolute atomic E-state index is 14.2. The van der Waals surface area contributed by atoms with E-state index in [1.807, 2.05) is 6.92 Å². The highest BCUT2D eigenvalue weighted by Crippen LogP contribution is 2.43. The monoisotopic (exact) mass is 344 g/mol. The van der Waals surface area contributed by atoms with Crippen molar-refractivity contribution in [3.63, 3.8) is 0 Å². The van der Waals surface area contributed by atoms with Crippen LogP contribution in [0.25, 0.3) is 0 Å². The first kappa shape index (κ1) is 16.0. The van der Waals surface area contributed by atoms with E-state index >= 15 is 0 Å². The minimum Gasteiger partial charge on any atom is -0.492 e. The fourth-order valence-corrected chi connectivity index (χ4v) is 3.89. The zero-order valence-electron chi connectivity index (χ0n) is 12.7. The Morgan fingerprint density at radius 2 is 1.88 bits per heavy atom. The number of allylic oxidation sites excluding steroid dienone is 1. The van der Waals surface area contributed by atoms with Crippen LogP contribution in [0.4, 0.5) is 15.8 Å². The average molecular weight is 344 g/mol. The third kappa shape index (κ3) is 2.41. The molecule has 0 bridgehead atoms. The molecule has 0 saturated heterocycles. The lowest BCUT2D eigenvalue weighted by Crippen LogP contribution is -2.23. The number of nitriles is 1. The van der Waals surface area contributed by atoms with Gasteiger partial charge in [0.25, 0.3) is 0 Å². The van der Waals surface area contributed by atoms with Crippen LogP contribution in [0.5, 0.6) is 5.75 Å². The summed E-state index contributed by atoms with van der Waals surface area (Å²) in [7, 11) is -4.19. The van der Waals surface area contributed by atoms with Gasteiger partial charge in [0, 0.05) is 6.20 Å². The van der Waals surface area contributed by atoms with Crippen molar-refractivity contribution in [2.24, 2.45) is 0 Å². The molecule has 0 spiro atoms. The van der Waals surface area contributed by atoms with Crippen LogP contribution in [0.2, 0.25) is 0 Å². The molecule has 5 nitrogen and oxygen atoms in total. The number of hydrogen-bond acceptors (Lipinski definition) is 5. The van der Waals surface area contributed by atoms with Gasteiger partial charge < -0.3 is 9.64 Å². The predicted molar refractivity (Wildman–Crippen MR) is 87.0 cm³/mol. The number of ether oxygens (including phenoxy) is 1. The number of fused-ring (bicyclic) bond motifs is 1. The van der Waals surface area contributed by atoms with Gasteiger partial charge in [0.15, 0.2) is 4.91 Å². The number of nitrogens with zero attached hydrogens (tertiary/aromatic N) is 2. The molecule has 3 rings (SSSR count). The van der Waals surface area contributed by atoms with Gasteiger partial charge in [-0.15, -0.1) is 0 Å². The van der Waals surface area contributed by atoms with Gasteiger partial charge in [-0.05, 0) is 31.2 Å². The molecule has 0 aliphatic carbocycles. The smallest absolute Gasteiger partial charge is 0.223 e. The quantitative estimate of drug-likeness (QED) is 0.852. The summed E-state index contributed by atoms with van der Waals surface area (Å²) in [4.78, 5) is 0.435. The first-order valence-corrected chi connectivity index (χ1v) is 8.65. The SMILES string of the molecule is CCOc1ccccc1N1C=C(C#N)S(=O)(=O)c2c(F)cccc21. The number of hydrogen-bond donors (Lipinski definition) is 0. The topological polar surface area (TPSA) is 70.4 Å². The molecular formula is C17H13FN2O3S. The van der Waals surface area contributed by atoms with Crippen molar-refractivity contribution in [2.45, 2.75) is 11.8 Å². The molecule has 1 aliphatic rings. The van der Waals surface area contributed by atoms with E-state index in [1.165, 1.54) is 23.2 Å². The van der Waals surface area contributed by atoms with Crippen LogP contribution in [-0.4, -0.2) is 15.0 Å². The summed E-state index contributed by atoms with van der Waals surface area (Å²) in [6.07, 6.45) is 1.19. The summed E-state index contributed by atoms with van der Waals surface area (Å²) < 4.78 is 44.7. The number of rotatable bonds is 3. The van der Waals surface area contributed by atoms with Gasteiger partial charge >= 0.3 is 0 Å². The number of benzene rings is 2. The molecule has 7 heteroatoms. The molecule has 0 atom stereocenters. The van der Waals surface area contributed by atoms with Crippen molar-refractivity contribution >= 4 is 21.2 Å². The van der Waals surface area contributed by atoms with E-state index in [-0.39, 0.29) is 5.69 Å². The molecule has 122 valence electrons. The van der Waals surface area contributed by atoms with Crippen LogP contribution in [0.15, 0.2) is 58.5 Å².